The van der Waals surface area contributed by atoms with E-state index in [-0.39, 0.29) is 17.6 Å². The van der Waals surface area contributed by atoms with E-state index in [0.29, 0.717) is 36.0 Å². The first kappa shape index (κ1) is 18.1. The fourth-order valence-corrected chi connectivity index (χ4v) is 3.46. The van der Waals surface area contributed by atoms with Gasteiger partial charge in [-0.2, -0.15) is 5.10 Å². The number of halogens is 1. The molecule has 0 bridgehead atoms. The van der Waals surface area contributed by atoms with Gasteiger partial charge in [0.05, 0.1) is 11.8 Å². The number of carbonyl (C=O) groups excluding carboxylic acids is 1. The van der Waals surface area contributed by atoms with Gasteiger partial charge in [-0.25, -0.2) is 9.37 Å². The summed E-state index contributed by atoms with van der Waals surface area (Å²) in [5.74, 6) is 0.258. The van der Waals surface area contributed by atoms with Crippen LogP contribution in [0.3, 0.4) is 0 Å². The first-order valence-electron chi connectivity index (χ1n) is 9.15. The molecule has 1 saturated heterocycles. The highest BCUT2D eigenvalue weighted by atomic mass is 19.1. The standard InChI is InChI=1S/C20H20FN5O2/c1-13-17(11-24-25-13)20(27)26-9-3-4-14(12-26)18-19(23-8-7-22-18)28-16-6-2-5-15(21)10-16/h2,5-8,10-11,14H,3-4,9,12H2,1H3,(H,24,25). The van der Waals surface area contributed by atoms with Crippen molar-refractivity contribution in [3.63, 3.8) is 0 Å². The number of benzene rings is 1. The van der Waals surface area contributed by atoms with E-state index >= 15 is 0 Å². The molecule has 0 spiro atoms. The maximum absolute atomic E-state index is 13.5. The Bertz CT molecular complexity index is 990. The van der Waals surface area contributed by atoms with Crippen molar-refractivity contribution in [2.75, 3.05) is 13.1 Å². The lowest BCUT2D eigenvalue weighted by atomic mass is 9.94. The van der Waals surface area contributed by atoms with E-state index in [9.17, 15) is 9.18 Å². The number of H-pyrrole nitrogens is 1. The molecule has 0 saturated carbocycles. The molecule has 1 amide bonds. The second kappa shape index (κ2) is 7.75. The summed E-state index contributed by atoms with van der Waals surface area (Å²) in [6, 6.07) is 5.90. The van der Waals surface area contributed by atoms with Crippen molar-refractivity contribution < 1.29 is 13.9 Å². The number of hydrogen-bond donors (Lipinski definition) is 1. The van der Waals surface area contributed by atoms with Gasteiger partial charge in [0.25, 0.3) is 5.91 Å². The van der Waals surface area contributed by atoms with Gasteiger partial charge >= 0.3 is 0 Å². The average Bonchev–Trinajstić information content (AvgIpc) is 3.14. The van der Waals surface area contributed by atoms with Gasteiger partial charge in [0, 0.05) is 43.2 Å². The first-order valence-corrected chi connectivity index (χ1v) is 9.15. The molecule has 28 heavy (non-hydrogen) atoms. The normalized spacial score (nSPS) is 16.8. The molecule has 1 unspecified atom stereocenters. The number of likely N-dealkylation sites (tertiary alicyclic amines) is 1. The topological polar surface area (TPSA) is 84.0 Å². The minimum absolute atomic E-state index is 0.0119. The Hall–Kier alpha value is -3.29. The molecule has 0 radical (unpaired) electrons. The summed E-state index contributed by atoms with van der Waals surface area (Å²) in [6.45, 7) is 3.03. The van der Waals surface area contributed by atoms with Crippen molar-refractivity contribution in [2.24, 2.45) is 0 Å². The van der Waals surface area contributed by atoms with Crippen LogP contribution in [-0.2, 0) is 0 Å². The quantitative estimate of drug-likeness (QED) is 0.748. The molecule has 1 atom stereocenters. The van der Waals surface area contributed by atoms with E-state index in [0.717, 1.165) is 18.5 Å². The van der Waals surface area contributed by atoms with Crippen LogP contribution in [0.15, 0.2) is 42.9 Å². The number of hydrogen-bond acceptors (Lipinski definition) is 5. The van der Waals surface area contributed by atoms with Gasteiger partial charge < -0.3 is 9.64 Å². The van der Waals surface area contributed by atoms with Crippen molar-refractivity contribution in [2.45, 2.75) is 25.7 Å². The van der Waals surface area contributed by atoms with E-state index in [1.165, 1.54) is 12.1 Å². The largest absolute Gasteiger partial charge is 0.437 e. The number of nitrogens with one attached hydrogen (secondary N) is 1. The zero-order valence-electron chi connectivity index (χ0n) is 15.4. The summed E-state index contributed by atoms with van der Waals surface area (Å²) >= 11 is 0. The Morgan fingerprint density at radius 3 is 2.96 bits per heavy atom. The van der Waals surface area contributed by atoms with Gasteiger partial charge in [-0.3, -0.25) is 14.9 Å². The molecule has 8 heteroatoms. The first-order chi connectivity index (χ1) is 13.6. The van der Waals surface area contributed by atoms with Gasteiger partial charge in [-0.1, -0.05) is 6.07 Å². The zero-order valence-corrected chi connectivity index (χ0v) is 15.4. The van der Waals surface area contributed by atoms with Gasteiger partial charge in [-0.05, 0) is 31.9 Å². The molecule has 7 nitrogen and oxygen atoms in total. The Balaban J connectivity index is 1.55. The number of piperidine rings is 1. The number of aryl methyl sites for hydroxylation is 1. The Morgan fingerprint density at radius 1 is 1.32 bits per heavy atom. The summed E-state index contributed by atoms with van der Waals surface area (Å²) < 4.78 is 19.3. The molecule has 3 heterocycles. The van der Waals surface area contributed by atoms with Crippen LogP contribution in [0.4, 0.5) is 4.39 Å². The van der Waals surface area contributed by atoms with Gasteiger partial charge in [0.15, 0.2) is 0 Å². The highest BCUT2D eigenvalue weighted by Gasteiger charge is 2.29. The van der Waals surface area contributed by atoms with Gasteiger partial charge in [-0.15, -0.1) is 0 Å². The van der Waals surface area contributed by atoms with Crippen LogP contribution < -0.4 is 4.74 Å². The van der Waals surface area contributed by atoms with Crippen LogP contribution in [0.25, 0.3) is 0 Å². The molecule has 4 rings (SSSR count). The third-order valence-electron chi connectivity index (χ3n) is 4.86. The van der Waals surface area contributed by atoms with E-state index in [1.807, 2.05) is 11.8 Å². The molecule has 1 aliphatic rings. The average molecular weight is 381 g/mol. The third-order valence-corrected chi connectivity index (χ3v) is 4.86. The molecule has 0 aliphatic carbocycles. The van der Waals surface area contributed by atoms with E-state index < -0.39 is 0 Å². The summed E-state index contributed by atoms with van der Waals surface area (Å²) in [5.41, 5.74) is 2.01. The van der Waals surface area contributed by atoms with Crippen LogP contribution in [0.2, 0.25) is 0 Å². The predicted molar refractivity (Wildman–Crippen MR) is 99.7 cm³/mol. The minimum Gasteiger partial charge on any atom is -0.437 e. The van der Waals surface area contributed by atoms with Gasteiger partial charge in [0.2, 0.25) is 5.88 Å². The number of aromatic amines is 1. The van der Waals surface area contributed by atoms with E-state index in [1.54, 1.807) is 30.7 Å². The minimum atomic E-state index is -0.382. The molecular formula is C20H20FN5O2. The highest BCUT2D eigenvalue weighted by molar-refractivity contribution is 5.95. The fourth-order valence-electron chi connectivity index (χ4n) is 3.46. The molecular weight excluding hydrogens is 361 g/mol. The van der Waals surface area contributed by atoms with Crippen LogP contribution in [0.5, 0.6) is 11.6 Å². The van der Waals surface area contributed by atoms with Crippen molar-refractivity contribution in [1.29, 1.82) is 0 Å². The van der Waals surface area contributed by atoms with E-state index in [4.69, 9.17) is 4.74 Å². The maximum atomic E-state index is 13.5. The van der Waals surface area contributed by atoms with Crippen molar-refractivity contribution in [3.8, 4) is 11.6 Å². The molecule has 1 aromatic carbocycles. The summed E-state index contributed by atoms with van der Waals surface area (Å²) in [5, 5.41) is 6.74. The number of rotatable bonds is 4. The molecule has 3 aromatic rings. The number of aromatic nitrogens is 4. The fraction of sp³-hybridized carbons (Fsp3) is 0.300. The summed E-state index contributed by atoms with van der Waals surface area (Å²) in [7, 11) is 0. The van der Waals surface area contributed by atoms with E-state index in [2.05, 4.69) is 20.2 Å². The smallest absolute Gasteiger partial charge is 0.257 e. The zero-order chi connectivity index (χ0) is 19.5. The predicted octanol–water partition coefficient (Wildman–Crippen LogP) is 3.46. The molecule has 1 aliphatic heterocycles. The lowest BCUT2D eigenvalue weighted by molar-refractivity contribution is 0.0704. The van der Waals surface area contributed by atoms with Crippen LogP contribution in [-0.4, -0.2) is 44.1 Å². The van der Waals surface area contributed by atoms with Crippen molar-refractivity contribution in [1.82, 2.24) is 25.1 Å². The number of amides is 1. The van der Waals surface area contributed by atoms with Crippen LogP contribution in [0, 0.1) is 12.7 Å². The Labute approximate surface area is 161 Å². The highest BCUT2D eigenvalue weighted by Crippen LogP contribution is 2.33. The van der Waals surface area contributed by atoms with Gasteiger partial charge in [0.1, 0.15) is 17.3 Å². The molecule has 1 fully saturated rings. The summed E-state index contributed by atoms with van der Waals surface area (Å²) in [4.78, 5) is 23.4. The second-order valence-electron chi connectivity index (χ2n) is 6.81. The Morgan fingerprint density at radius 2 is 2.18 bits per heavy atom. The third kappa shape index (κ3) is 3.71. The molecule has 2 aromatic heterocycles. The SMILES string of the molecule is Cc1[nH]ncc1C(=O)N1CCCC(c2nccnc2Oc2cccc(F)c2)C1. The number of nitrogens with zero attached hydrogens (tertiary/aromatic N) is 4. The monoisotopic (exact) mass is 381 g/mol. The Kier molecular flexibility index (Phi) is 5.01. The number of ether oxygens (including phenoxy) is 1. The van der Waals surface area contributed by atoms with Crippen molar-refractivity contribution in [3.05, 3.63) is 65.6 Å². The maximum Gasteiger partial charge on any atom is 0.257 e. The second-order valence-corrected chi connectivity index (χ2v) is 6.81. The molecule has 144 valence electrons. The lowest BCUT2D eigenvalue weighted by Crippen LogP contribution is -2.39. The van der Waals surface area contributed by atoms with Crippen LogP contribution >= 0.6 is 0 Å². The van der Waals surface area contributed by atoms with Crippen molar-refractivity contribution >= 4 is 5.91 Å². The lowest BCUT2D eigenvalue weighted by Gasteiger charge is -2.32. The number of carbonyl (C=O) groups is 1. The molecule has 1 N–H and O–H groups in total. The summed E-state index contributed by atoms with van der Waals surface area (Å²) in [6.07, 6.45) is 6.42. The van der Waals surface area contributed by atoms with Crippen LogP contribution in [0.1, 0.15) is 40.5 Å².